The summed E-state index contributed by atoms with van der Waals surface area (Å²) in [6.07, 6.45) is 0. The van der Waals surface area contributed by atoms with Crippen LogP contribution in [0, 0.1) is 17.7 Å². The van der Waals surface area contributed by atoms with E-state index in [2.05, 4.69) is 11.8 Å². The van der Waals surface area contributed by atoms with Crippen molar-refractivity contribution in [3.05, 3.63) is 35.1 Å². The molecule has 2 rings (SSSR count). The van der Waals surface area contributed by atoms with Crippen LogP contribution in [-0.2, 0) is 4.74 Å². The predicted molar refractivity (Wildman–Crippen MR) is 73.6 cm³/mol. The minimum absolute atomic E-state index is 0.0440. The lowest BCUT2D eigenvalue weighted by atomic mass is 10.1. The molecule has 1 unspecified atom stereocenters. The summed E-state index contributed by atoms with van der Waals surface area (Å²) in [7, 11) is 0. The van der Waals surface area contributed by atoms with Crippen LogP contribution in [0.2, 0.25) is 0 Å². The summed E-state index contributed by atoms with van der Waals surface area (Å²) in [6, 6.07) is 4.22. The summed E-state index contributed by atoms with van der Waals surface area (Å²) in [4.78, 5) is 14.0. The molecule has 1 heterocycles. The Labute approximate surface area is 117 Å². The number of hydrogen-bond acceptors (Lipinski definition) is 3. The van der Waals surface area contributed by atoms with Gasteiger partial charge in [0.1, 0.15) is 5.82 Å². The lowest BCUT2D eigenvalue weighted by Crippen LogP contribution is -2.47. The first-order chi connectivity index (χ1) is 9.63. The van der Waals surface area contributed by atoms with Gasteiger partial charge in [-0.25, -0.2) is 4.39 Å². The first kappa shape index (κ1) is 14.5. The van der Waals surface area contributed by atoms with Gasteiger partial charge in [0, 0.05) is 12.1 Å². The van der Waals surface area contributed by atoms with Gasteiger partial charge >= 0.3 is 0 Å². The zero-order valence-corrected chi connectivity index (χ0v) is 11.4. The molecule has 1 aliphatic rings. The predicted octanol–water partition coefficient (Wildman–Crippen LogP) is 0.997. The molecule has 0 aliphatic carbocycles. The third-order valence-electron chi connectivity index (χ3n) is 3.16. The van der Waals surface area contributed by atoms with E-state index >= 15 is 0 Å². The van der Waals surface area contributed by atoms with E-state index in [1.54, 1.807) is 4.90 Å². The van der Waals surface area contributed by atoms with Crippen molar-refractivity contribution < 1.29 is 13.9 Å². The highest BCUT2D eigenvalue weighted by atomic mass is 19.1. The van der Waals surface area contributed by atoms with Crippen molar-refractivity contribution in [1.29, 1.82) is 0 Å². The molecular formula is C15H17FN2O2. The van der Waals surface area contributed by atoms with Gasteiger partial charge in [0.05, 0.1) is 31.4 Å². The monoisotopic (exact) mass is 276 g/mol. The number of carbonyl (C=O) groups is 1. The fraction of sp³-hybridized carbons (Fsp3) is 0.400. The van der Waals surface area contributed by atoms with Crippen LogP contribution in [-0.4, -0.2) is 43.2 Å². The SMILES string of the molecule is CC1COCCN1C(=O)c1cc(C#CCN)ccc1F. The smallest absolute Gasteiger partial charge is 0.257 e. The second-order valence-corrected chi connectivity index (χ2v) is 4.62. The Balaban J connectivity index is 2.28. The van der Waals surface area contributed by atoms with Crippen LogP contribution in [0.25, 0.3) is 0 Å². The van der Waals surface area contributed by atoms with Gasteiger partial charge in [-0.15, -0.1) is 0 Å². The van der Waals surface area contributed by atoms with Crippen LogP contribution < -0.4 is 5.73 Å². The maximum Gasteiger partial charge on any atom is 0.257 e. The van der Waals surface area contributed by atoms with Crippen molar-refractivity contribution in [2.24, 2.45) is 5.73 Å². The van der Waals surface area contributed by atoms with E-state index in [1.165, 1.54) is 18.2 Å². The van der Waals surface area contributed by atoms with Crippen LogP contribution in [0.1, 0.15) is 22.8 Å². The molecule has 4 nitrogen and oxygen atoms in total. The summed E-state index contributed by atoms with van der Waals surface area (Å²) in [5.74, 6) is 4.63. The van der Waals surface area contributed by atoms with Gasteiger partial charge < -0.3 is 15.4 Å². The Hall–Kier alpha value is -1.90. The standard InChI is InChI=1S/C15H17FN2O2/c1-11-10-20-8-7-18(11)15(19)13-9-12(3-2-6-17)4-5-14(13)16/h4-5,9,11H,6-8,10,17H2,1H3. The zero-order valence-electron chi connectivity index (χ0n) is 11.4. The Morgan fingerprint density at radius 2 is 2.40 bits per heavy atom. The molecule has 106 valence electrons. The van der Waals surface area contributed by atoms with Gasteiger partial charge in [0.25, 0.3) is 5.91 Å². The van der Waals surface area contributed by atoms with Gasteiger partial charge in [-0.05, 0) is 25.1 Å². The Morgan fingerprint density at radius 1 is 1.60 bits per heavy atom. The van der Waals surface area contributed by atoms with Gasteiger partial charge in [-0.3, -0.25) is 4.79 Å². The maximum absolute atomic E-state index is 13.9. The second kappa shape index (κ2) is 6.51. The Morgan fingerprint density at radius 3 is 3.10 bits per heavy atom. The molecule has 1 aromatic rings. The number of morpholine rings is 1. The molecule has 2 N–H and O–H groups in total. The highest BCUT2D eigenvalue weighted by Gasteiger charge is 2.26. The van der Waals surface area contributed by atoms with E-state index in [4.69, 9.17) is 10.5 Å². The molecule has 1 aromatic carbocycles. The van der Waals surface area contributed by atoms with Gasteiger partial charge in [-0.1, -0.05) is 11.8 Å². The molecule has 0 aromatic heterocycles. The summed E-state index contributed by atoms with van der Waals surface area (Å²) < 4.78 is 19.2. The van der Waals surface area contributed by atoms with E-state index in [0.717, 1.165) is 0 Å². The van der Waals surface area contributed by atoms with Crippen LogP contribution in [0.5, 0.6) is 0 Å². The molecule has 1 saturated heterocycles. The van der Waals surface area contributed by atoms with E-state index in [0.29, 0.717) is 25.3 Å². The van der Waals surface area contributed by atoms with E-state index in [-0.39, 0.29) is 24.1 Å². The molecule has 1 amide bonds. The third-order valence-corrected chi connectivity index (χ3v) is 3.16. The number of benzene rings is 1. The van der Waals surface area contributed by atoms with Crippen LogP contribution in [0.15, 0.2) is 18.2 Å². The molecule has 0 spiro atoms. The topological polar surface area (TPSA) is 55.6 Å². The van der Waals surface area contributed by atoms with E-state index in [9.17, 15) is 9.18 Å². The minimum atomic E-state index is -0.535. The van der Waals surface area contributed by atoms with E-state index in [1.807, 2.05) is 6.92 Å². The number of nitrogens with zero attached hydrogens (tertiary/aromatic N) is 1. The van der Waals surface area contributed by atoms with Crippen LogP contribution in [0.3, 0.4) is 0 Å². The number of hydrogen-bond donors (Lipinski definition) is 1. The first-order valence-electron chi connectivity index (χ1n) is 6.50. The minimum Gasteiger partial charge on any atom is -0.377 e. The van der Waals surface area contributed by atoms with Gasteiger partial charge in [-0.2, -0.15) is 0 Å². The van der Waals surface area contributed by atoms with Crippen LogP contribution in [0.4, 0.5) is 4.39 Å². The largest absolute Gasteiger partial charge is 0.377 e. The molecule has 1 atom stereocenters. The number of amides is 1. The summed E-state index contributed by atoms with van der Waals surface area (Å²) in [5, 5.41) is 0. The fourth-order valence-corrected chi connectivity index (χ4v) is 2.10. The third kappa shape index (κ3) is 3.16. The van der Waals surface area contributed by atoms with Crippen molar-refractivity contribution in [2.75, 3.05) is 26.3 Å². The second-order valence-electron chi connectivity index (χ2n) is 4.62. The molecule has 1 aliphatic heterocycles. The summed E-state index contributed by atoms with van der Waals surface area (Å²) in [5.41, 5.74) is 5.93. The first-order valence-corrected chi connectivity index (χ1v) is 6.50. The lowest BCUT2D eigenvalue weighted by molar-refractivity contribution is 0.00335. The van der Waals surface area contributed by atoms with Gasteiger partial charge in [0.15, 0.2) is 0 Å². The molecule has 0 bridgehead atoms. The molecule has 5 heteroatoms. The van der Waals surface area contributed by atoms with Crippen molar-refractivity contribution >= 4 is 5.91 Å². The molecule has 20 heavy (non-hydrogen) atoms. The zero-order chi connectivity index (χ0) is 14.5. The molecule has 0 radical (unpaired) electrons. The van der Waals surface area contributed by atoms with Crippen molar-refractivity contribution in [3.63, 3.8) is 0 Å². The molecule has 1 fully saturated rings. The average Bonchev–Trinajstić information content (AvgIpc) is 2.46. The average molecular weight is 276 g/mol. The van der Waals surface area contributed by atoms with Crippen molar-refractivity contribution in [1.82, 2.24) is 4.90 Å². The number of nitrogens with two attached hydrogens (primary N) is 1. The normalized spacial score (nSPS) is 18.4. The van der Waals surface area contributed by atoms with Crippen molar-refractivity contribution in [3.8, 4) is 11.8 Å². The van der Waals surface area contributed by atoms with Crippen molar-refractivity contribution in [2.45, 2.75) is 13.0 Å². The number of rotatable bonds is 1. The highest BCUT2D eigenvalue weighted by Crippen LogP contribution is 2.16. The molecular weight excluding hydrogens is 259 g/mol. The Bertz CT molecular complexity index is 563. The summed E-state index contributed by atoms with van der Waals surface area (Å²) >= 11 is 0. The van der Waals surface area contributed by atoms with E-state index < -0.39 is 5.82 Å². The highest BCUT2D eigenvalue weighted by molar-refractivity contribution is 5.95. The number of carbonyl (C=O) groups excluding carboxylic acids is 1. The molecule has 0 saturated carbocycles. The lowest BCUT2D eigenvalue weighted by Gasteiger charge is -2.33. The number of halogens is 1. The number of ether oxygens (including phenoxy) is 1. The summed E-state index contributed by atoms with van der Waals surface area (Å²) in [6.45, 7) is 3.52. The fourth-order valence-electron chi connectivity index (χ4n) is 2.10. The quantitative estimate of drug-likeness (QED) is 0.778. The van der Waals surface area contributed by atoms with Gasteiger partial charge in [0.2, 0.25) is 0 Å². The van der Waals surface area contributed by atoms with Crippen LogP contribution >= 0.6 is 0 Å². The maximum atomic E-state index is 13.9. The Kier molecular flexibility index (Phi) is 4.72.